The molecule has 2 aromatic rings. The van der Waals surface area contributed by atoms with Crippen molar-refractivity contribution >= 4 is 39.0 Å². The molecule has 2 aliphatic rings. The largest absolute Gasteiger partial charge is 0.489 e. The van der Waals surface area contributed by atoms with E-state index in [9.17, 15) is 9.59 Å². The number of carbonyl (C=O) groups excluding carboxylic acids is 2. The van der Waals surface area contributed by atoms with Crippen molar-refractivity contribution in [1.29, 1.82) is 0 Å². The number of Topliss-reactive ketones (excluding diaryl/α,β-unsaturated/α-hetero) is 1. The van der Waals surface area contributed by atoms with Crippen LogP contribution in [0.2, 0.25) is 0 Å². The Balaban J connectivity index is 1.72. The summed E-state index contributed by atoms with van der Waals surface area (Å²) in [6.45, 7) is 6.54. The molecule has 1 aliphatic carbocycles. The molecule has 1 N–H and O–H groups in total. The number of rotatable bonds is 7. The molecular formula is C26H28BrNO4S. The van der Waals surface area contributed by atoms with Gasteiger partial charge in [-0.2, -0.15) is 0 Å². The molecule has 1 atom stereocenters. The van der Waals surface area contributed by atoms with Crippen molar-refractivity contribution < 1.29 is 19.1 Å². The summed E-state index contributed by atoms with van der Waals surface area (Å²) in [7, 11) is 0. The smallest absolute Gasteiger partial charge is 0.336 e. The first-order valence-corrected chi connectivity index (χ1v) is 12.9. The van der Waals surface area contributed by atoms with Crippen LogP contribution in [-0.2, 0) is 27.4 Å². The van der Waals surface area contributed by atoms with Crippen LogP contribution in [0.25, 0.3) is 0 Å². The second-order valence-electron chi connectivity index (χ2n) is 8.18. The fourth-order valence-electron chi connectivity index (χ4n) is 4.49. The topological polar surface area (TPSA) is 64.6 Å². The van der Waals surface area contributed by atoms with Crippen molar-refractivity contribution in [2.45, 2.75) is 59.0 Å². The summed E-state index contributed by atoms with van der Waals surface area (Å²) in [5, 5.41) is 3.34. The van der Waals surface area contributed by atoms with Crippen LogP contribution >= 0.6 is 27.3 Å². The van der Waals surface area contributed by atoms with Crippen LogP contribution in [0.3, 0.4) is 0 Å². The van der Waals surface area contributed by atoms with Gasteiger partial charge in [-0.15, -0.1) is 11.3 Å². The van der Waals surface area contributed by atoms with Gasteiger partial charge < -0.3 is 14.8 Å². The highest BCUT2D eigenvalue weighted by atomic mass is 79.9. The highest BCUT2D eigenvalue weighted by molar-refractivity contribution is 9.10. The lowest BCUT2D eigenvalue weighted by molar-refractivity contribution is -0.138. The normalized spacial score (nSPS) is 18.2. The Morgan fingerprint density at radius 2 is 1.97 bits per heavy atom. The Hall–Kier alpha value is -2.38. The molecule has 0 spiro atoms. The number of nitrogens with one attached hydrogen (secondary N) is 1. The van der Waals surface area contributed by atoms with Gasteiger partial charge in [0, 0.05) is 43.2 Å². The summed E-state index contributed by atoms with van der Waals surface area (Å²) in [4.78, 5) is 28.2. The zero-order valence-corrected chi connectivity index (χ0v) is 21.5. The van der Waals surface area contributed by atoms with Crippen LogP contribution < -0.4 is 10.1 Å². The number of carbonyl (C=O) groups is 2. The second kappa shape index (κ2) is 10.3. The molecule has 0 radical (unpaired) electrons. The Morgan fingerprint density at radius 3 is 2.67 bits per heavy atom. The minimum atomic E-state index is -0.398. The molecule has 0 saturated carbocycles. The predicted octanol–water partition coefficient (Wildman–Crippen LogP) is 6.18. The summed E-state index contributed by atoms with van der Waals surface area (Å²) in [5.74, 6) is 0.147. The van der Waals surface area contributed by atoms with Gasteiger partial charge in [0.15, 0.2) is 5.78 Å². The van der Waals surface area contributed by atoms with Gasteiger partial charge in [0.25, 0.3) is 0 Å². The van der Waals surface area contributed by atoms with E-state index in [0.717, 1.165) is 56.9 Å². The Morgan fingerprint density at radius 1 is 1.21 bits per heavy atom. The standard InChI is InChI=1S/C26H28BrNO4S/c1-4-21-16(14-32-18-11-9-17(27)10-12-18)13-22(33-21)25-23(26(30)31-5-2)15(3)28-19-7-6-8-20(29)24(19)25/h9-13,25,28H,4-8,14H2,1-3H3/t25-/m1/s1. The minimum Gasteiger partial charge on any atom is -0.489 e. The van der Waals surface area contributed by atoms with Crippen LogP contribution in [0, 0.1) is 0 Å². The molecule has 0 fully saturated rings. The number of esters is 1. The van der Waals surface area contributed by atoms with Crippen LogP contribution in [0.15, 0.2) is 57.3 Å². The number of thiophene rings is 1. The Kier molecular flexibility index (Phi) is 7.39. The number of ether oxygens (including phenoxy) is 2. The van der Waals surface area contributed by atoms with Crippen molar-refractivity contribution in [1.82, 2.24) is 5.32 Å². The Bertz CT molecular complexity index is 1130. The van der Waals surface area contributed by atoms with Crippen molar-refractivity contribution in [2.24, 2.45) is 0 Å². The van der Waals surface area contributed by atoms with E-state index in [-0.39, 0.29) is 11.8 Å². The molecular weight excluding hydrogens is 502 g/mol. The first-order chi connectivity index (χ1) is 15.9. The monoisotopic (exact) mass is 529 g/mol. The lowest BCUT2D eigenvalue weighted by Crippen LogP contribution is -2.34. The first kappa shape index (κ1) is 23.8. The molecule has 4 rings (SSSR count). The first-order valence-electron chi connectivity index (χ1n) is 11.3. The molecule has 0 unspecified atom stereocenters. The number of benzene rings is 1. The van der Waals surface area contributed by atoms with E-state index in [2.05, 4.69) is 34.2 Å². The Labute approximate surface area is 207 Å². The van der Waals surface area contributed by atoms with Gasteiger partial charge >= 0.3 is 5.97 Å². The maximum atomic E-state index is 13.0. The summed E-state index contributed by atoms with van der Waals surface area (Å²) in [6, 6.07) is 9.87. The summed E-state index contributed by atoms with van der Waals surface area (Å²) >= 11 is 5.10. The second-order valence-corrected chi connectivity index (χ2v) is 10.3. The van der Waals surface area contributed by atoms with E-state index in [4.69, 9.17) is 9.47 Å². The number of ketones is 1. The maximum Gasteiger partial charge on any atom is 0.336 e. The zero-order chi connectivity index (χ0) is 23.5. The summed E-state index contributed by atoms with van der Waals surface area (Å²) in [5.41, 5.74) is 4.06. The molecule has 1 aliphatic heterocycles. The third kappa shape index (κ3) is 4.94. The maximum absolute atomic E-state index is 13.0. The number of dihydropyridines is 1. The third-order valence-electron chi connectivity index (χ3n) is 6.00. The quantitative estimate of drug-likeness (QED) is 0.433. The average molecular weight is 530 g/mol. The predicted molar refractivity (Wildman–Crippen MR) is 133 cm³/mol. The highest BCUT2D eigenvalue weighted by Gasteiger charge is 2.40. The van der Waals surface area contributed by atoms with Gasteiger partial charge in [-0.25, -0.2) is 4.79 Å². The van der Waals surface area contributed by atoms with Gasteiger partial charge in [0.05, 0.1) is 18.1 Å². The van der Waals surface area contributed by atoms with Crippen LogP contribution in [0.4, 0.5) is 0 Å². The third-order valence-corrected chi connectivity index (χ3v) is 7.92. The van der Waals surface area contributed by atoms with E-state index < -0.39 is 5.92 Å². The number of hydrogen-bond acceptors (Lipinski definition) is 6. The molecule has 0 saturated heterocycles. The van der Waals surface area contributed by atoms with E-state index >= 15 is 0 Å². The molecule has 7 heteroatoms. The molecule has 5 nitrogen and oxygen atoms in total. The summed E-state index contributed by atoms with van der Waals surface area (Å²) < 4.78 is 12.4. The van der Waals surface area contributed by atoms with Crippen molar-refractivity contribution in [3.05, 3.63) is 72.7 Å². The van der Waals surface area contributed by atoms with Gasteiger partial charge in [-0.05, 0) is 63.4 Å². The fourth-order valence-corrected chi connectivity index (χ4v) is 5.99. The highest BCUT2D eigenvalue weighted by Crippen LogP contribution is 2.45. The van der Waals surface area contributed by atoms with Crippen LogP contribution in [0.1, 0.15) is 61.3 Å². The number of aryl methyl sites for hydroxylation is 1. The molecule has 1 aromatic carbocycles. The molecule has 0 bridgehead atoms. The molecule has 1 aromatic heterocycles. The van der Waals surface area contributed by atoms with E-state index in [1.807, 2.05) is 31.2 Å². The SMILES string of the molecule is CCOC(=O)C1=C(C)NC2=C(C(=O)CCC2)[C@@H]1c1cc(COc2ccc(Br)cc2)c(CC)s1. The van der Waals surface area contributed by atoms with E-state index in [1.165, 1.54) is 4.88 Å². The van der Waals surface area contributed by atoms with Gasteiger partial charge in [-0.3, -0.25) is 4.79 Å². The number of allylic oxidation sites excluding steroid dienone is 3. The lowest BCUT2D eigenvalue weighted by Gasteiger charge is -2.33. The fraction of sp³-hybridized carbons (Fsp3) is 0.385. The van der Waals surface area contributed by atoms with Crippen LogP contribution in [-0.4, -0.2) is 18.4 Å². The van der Waals surface area contributed by atoms with Crippen molar-refractivity contribution in [3.8, 4) is 5.75 Å². The average Bonchev–Trinajstić information content (AvgIpc) is 3.21. The van der Waals surface area contributed by atoms with E-state index in [0.29, 0.717) is 25.2 Å². The molecule has 174 valence electrons. The van der Waals surface area contributed by atoms with Gasteiger partial charge in [0.1, 0.15) is 12.4 Å². The number of hydrogen-bond donors (Lipinski definition) is 1. The van der Waals surface area contributed by atoms with E-state index in [1.54, 1.807) is 18.3 Å². The lowest BCUT2D eigenvalue weighted by atomic mass is 9.78. The molecule has 33 heavy (non-hydrogen) atoms. The molecule has 2 heterocycles. The van der Waals surface area contributed by atoms with Gasteiger partial charge in [0.2, 0.25) is 0 Å². The van der Waals surface area contributed by atoms with Crippen molar-refractivity contribution in [3.63, 3.8) is 0 Å². The number of halogens is 1. The minimum absolute atomic E-state index is 0.113. The van der Waals surface area contributed by atoms with Crippen LogP contribution in [0.5, 0.6) is 5.75 Å². The molecule has 0 amide bonds. The van der Waals surface area contributed by atoms with Gasteiger partial charge in [-0.1, -0.05) is 22.9 Å². The summed E-state index contributed by atoms with van der Waals surface area (Å²) in [6.07, 6.45) is 3.01. The van der Waals surface area contributed by atoms with Crippen molar-refractivity contribution in [2.75, 3.05) is 6.61 Å². The zero-order valence-electron chi connectivity index (χ0n) is 19.1.